The Morgan fingerprint density at radius 2 is 2.21 bits per heavy atom. The highest BCUT2D eigenvalue weighted by atomic mass is 79.9. The van der Waals surface area contributed by atoms with Crippen molar-refractivity contribution in [3.8, 4) is 5.75 Å². The van der Waals surface area contributed by atoms with E-state index in [4.69, 9.17) is 4.74 Å². The van der Waals surface area contributed by atoms with E-state index in [9.17, 15) is 4.79 Å². The molecule has 98 valence electrons. The van der Waals surface area contributed by atoms with Gasteiger partial charge in [0.15, 0.2) is 0 Å². The number of carbonyl (C=O) groups is 1. The lowest BCUT2D eigenvalue weighted by Gasteiger charge is -2.07. The first kappa shape index (κ1) is 13.5. The van der Waals surface area contributed by atoms with Crippen molar-refractivity contribution in [1.29, 1.82) is 0 Å². The van der Waals surface area contributed by atoms with Crippen molar-refractivity contribution in [1.82, 2.24) is 10.3 Å². The Morgan fingerprint density at radius 3 is 2.95 bits per heavy atom. The summed E-state index contributed by atoms with van der Waals surface area (Å²) in [6.07, 6.45) is 1.59. The fourth-order valence-corrected chi connectivity index (χ4v) is 2.04. The van der Waals surface area contributed by atoms with Crippen molar-refractivity contribution in [3.05, 3.63) is 58.3 Å². The molecule has 1 amide bonds. The summed E-state index contributed by atoms with van der Waals surface area (Å²) in [5.41, 5.74) is 1.35. The molecule has 2 rings (SSSR count). The molecule has 0 aliphatic carbocycles. The number of hydrogen-bond acceptors (Lipinski definition) is 3. The van der Waals surface area contributed by atoms with E-state index < -0.39 is 0 Å². The molecule has 4 nitrogen and oxygen atoms in total. The summed E-state index contributed by atoms with van der Waals surface area (Å²) in [6, 6.07) is 11.1. The predicted molar refractivity (Wildman–Crippen MR) is 76.1 cm³/mol. The Labute approximate surface area is 119 Å². The molecule has 1 heterocycles. The Morgan fingerprint density at radius 1 is 1.37 bits per heavy atom. The number of aromatic nitrogens is 1. The van der Waals surface area contributed by atoms with Crippen molar-refractivity contribution in [2.24, 2.45) is 0 Å². The molecule has 19 heavy (non-hydrogen) atoms. The van der Waals surface area contributed by atoms with Crippen LogP contribution in [-0.2, 0) is 6.54 Å². The maximum Gasteiger partial charge on any atom is 0.271 e. The Hall–Kier alpha value is -1.88. The highest BCUT2D eigenvalue weighted by molar-refractivity contribution is 9.10. The number of carbonyl (C=O) groups excluding carboxylic acids is 1. The largest absolute Gasteiger partial charge is 0.497 e. The zero-order valence-corrected chi connectivity index (χ0v) is 12.0. The average molecular weight is 321 g/mol. The lowest BCUT2D eigenvalue weighted by atomic mass is 10.2. The van der Waals surface area contributed by atoms with E-state index in [1.165, 1.54) is 0 Å². The number of amides is 1. The van der Waals surface area contributed by atoms with Crippen molar-refractivity contribution < 1.29 is 9.53 Å². The van der Waals surface area contributed by atoms with Crippen LogP contribution < -0.4 is 10.1 Å². The maximum absolute atomic E-state index is 12.0. The summed E-state index contributed by atoms with van der Waals surface area (Å²) in [6.45, 7) is 0.430. The molecule has 0 atom stereocenters. The zero-order valence-electron chi connectivity index (χ0n) is 10.4. The topological polar surface area (TPSA) is 51.2 Å². The number of nitrogens with zero attached hydrogens (tertiary/aromatic N) is 1. The van der Waals surface area contributed by atoms with Gasteiger partial charge >= 0.3 is 0 Å². The second-order valence-corrected chi connectivity index (χ2v) is 4.72. The normalized spacial score (nSPS) is 10.0. The monoisotopic (exact) mass is 320 g/mol. The van der Waals surface area contributed by atoms with Gasteiger partial charge in [-0.3, -0.25) is 4.79 Å². The van der Waals surface area contributed by atoms with Crippen LogP contribution in [0.15, 0.2) is 47.1 Å². The standard InChI is InChI=1S/C14H13BrN2O2/c1-19-11-5-2-4-10(8-11)9-17-14(18)13-12(15)6-3-7-16-13/h2-8H,9H2,1H3,(H,17,18). The van der Waals surface area contributed by atoms with Crippen LogP contribution >= 0.6 is 15.9 Å². The van der Waals surface area contributed by atoms with Gasteiger partial charge in [0.1, 0.15) is 11.4 Å². The van der Waals surface area contributed by atoms with Gasteiger partial charge in [-0.25, -0.2) is 4.98 Å². The first-order chi connectivity index (χ1) is 9.20. The van der Waals surface area contributed by atoms with Gasteiger partial charge < -0.3 is 10.1 Å². The molecule has 0 spiro atoms. The van der Waals surface area contributed by atoms with E-state index in [0.29, 0.717) is 16.7 Å². The predicted octanol–water partition coefficient (Wildman–Crippen LogP) is 2.78. The van der Waals surface area contributed by atoms with Crippen LogP contribution in [0, 0.1) is 0 Å². The molecule has 2 aromatic rings. The van der Waals surface area contributed by atoms with Crippen molar-refractivity contribution >= 4 is 21.8 Å². The van der Waals surface area contributed by atoms with Crippen molar-refractivity contribution in [2.75, 3.05) is 7.11 Å². The van der Waals surface area contributed by atoms with Crippen LogP contribution in [0.3, 0.4) is 0 Å². The highest BCUT2D eigenvalue weighted by Gasteiger charge is 2.10. The minimum atomic E-state index is -0.213. The first-order valence-electron chi connectivity index (χ1n) is 5.72. The summed E-state index contributed by atoms with van der Waals surface area (Å²) in [5, 5.41) is 2.82. The third kappa shape index (κ3) is 3.54. The van der Waals surface area contributed by atoms with Gasteiger partial charge in [-0.15, -0.1) is 0 Å². The third-order valence-corrected chi connectivity index (χ3v) is 3.20. The van der Waals surface area contributed by atoms with Gasteiger partial charge in [-0.1, -0.05) is 12.1 Å². The fraction of sp³-hybridized carbons (Fsp3) is 0.143. The van der Waals surface area contributed by atoms with Crippen molar-refractivity contribution in [3.63, 3.8) is 0 Å². The quantitative estimate of drug-likeness (QED) is 0.942. The Balaban J connectivity index is 2.02. The molecule has 0 radical (unpaired) electrons. The summed E-state index contributed by atoms with van der Waals surface area (Å²) in [5.74, 6) is 0.557. The van der Waals surface area contributed by atoms with E-state index in [1.807, 2.05) is 24.3 Å². The Kier molecular flexibility index (Phi) is 4.52. The summed E-state index contributed by atoms with van der Waals surface area (Å²) >= 11 is 3.30. The van der Waals surface area contributed by atoms with E-state index in [0.717, 1.165) is 11.3 Å². The molecule has 5 heteroatoms. The van der Waals surface area contributed by atoms with Gasteiger partial charge in [-0.2, -0.15) is 0 Å². The van der Waals surface area contributed by atoms with Crippen LogP contribution in [0.25, 0.3) is 0 Å². The summed E-state index contributed by atoms with van der Waals surface area (Å²) in [4.78, 5) is 16.0. The Bertz CT molecular complexity index is 587. The molecule has 1 aromatic heterocycles. The average Bonchev–Trinajstić information content (AvgIpc) is 2.45. The maximum atomic E-state index is 12.0. The van der Waals surface area contributed by atoms with E-state index in [2.05, 4.69) is 26.2 Å². The van der Waals surface area contributed by atoms with Gasteiger partial charge in [0.25, 0.3) is 5.91 Å². The number of hydrogen-bond donors (Lipinski definition) is 1. The lowest BCUT2D eigenvalue weighted by Crippen LogP contribution is -2.24. The molecule has 0 fully saturated rings. The van der Waals surface area contributed by atoms with Crippen LogP contribution in [-0.4, -0.2) is 18.0 Å². The van der Waals surface area contributed by atoms with E-state index in [-0.39, 0.29) is 5.91 Å². The van der Waals surface area contributed by atoms with Gasteiger partial charge in [0.05, 0.1) is 7.11 Å². The molecule has 1 N–H and O–H groups in total. The molecular weight excluding hydrogens is 308 g/mol. The zero-order chi connectivity index (χ0) is 13.7. The van der Waals surface area contributed by atoms with E-state index >= 15 is 0 Å². The second kappa shape index (κ2) is 6.33. The number of benzene rings is 1. The summed E-state index contributed by atoms with van der Waals surface area (Å²) in [7, 11) is 1.61. The highest BCUT2D eigenvalue weighted by Crippen LogP contribution is 2.14. The van der Waals surface area contributed by atoms with Gasteiger partial charge in [0.2, 0.25) is 0 Å². The number of rotatable bonds is 4. The first-order valence-corrected chi connectivity index (χ1v) is 6.51. The molecule has 1 aromatic carbocycles. The summed E-state index contributed by atoms with van der Waals surface area (Å²) < 4.78 is 5.81. The minimum absolute atomic E-state index is 0.213. The molecule has 0 bridgehead atoms. The number of nitrogens with one attached hydrogen (secondary N) is 1. The lowest BCUT2D eigenvalue weighted by molar-refractivity contribution is 0.0945. The van der Waals surface area contributed by atoms with E-state index in [1.54, 1.807) is 25.4 Å². The van der Waals surface area contributed by atoms with Gasteiger partial charge in [0, 0.05) is 17.2 Å². The van der Waals surface area contributed by atoms with Crippen LogP contribution in [0.5, 0.6) is 5.75 Å². The van der Waals surface area contributed by atoms with Crippen molar-refractivity contribution in [2.45, 2.75) is 6.54 Å². The number of methoxy groups -OCH3 is 1. The number of pyridine rings is 1. The van der Waals surface area contributed by atoms with Crippen LogP contribution in [0.4, 0.5) is 0 Å². The van der Waals surface area contributed by atoms with Crippen LogP contribution in [0.1, 0.15) is 16.1 Å². The molecule has 0 aliphatic rings. The number of halogens is 1. The minimum Gasteiger partial charge on any atom is -0.497 e. The molecule has 0 saturated heterocycles. The number of ether oxygens (including phenoxy) is 1. The SMILES string of the molecule is COc1cccc(CNC(=O)c2ncccc2Br)c1. The molecule has 0 aliphatic heterocycles. The van der Waals surface area contributed by atoms with Gasteiger partial charge in [-0.05, 0) is 45.8 Å². The molecular formula is C14H13BrN2O2. The molecule has 0 unspecified atom stereocenters. The fourth-order valence-electron chi connectivity index (χ4n) is 1.60. The molecule has 0 saturated carbocycles. The second-order valence-electron chi connectivity index (χ2n) is 3.87. The third-order valence-electron chi connectivity index (χ3n) is 2.56. The van der Waals surface area contributed by atoms with Crippen LogP contribution in [0.2, 0.25) is 0 Å². The smallest absolute Gasteiger partial charge is 0.271 e.